The van der Waals surface area contributed by atoms with E-state index in [1.807, 2.05) is 38.4 Å². The van der Waals surface area contributed by atoms with Crippen LogP contribution in [0.5, 0.6) is 0 Å². The molecule has 0 bridgehead atoms. The van der Waals surface area contributed by atoms with Gasteiger partial charge in [-0.25, -0.2) is 0 Å². The summed E-state index contributed by atoms with van der Waals surface area (Å²) in [6, 6.07) is 8.23. The zero-order chi connectivity index (χ0) is 12.0. The summed E-state index contributed by atoms with van der Waals surface area (Å²) < 4.78 is 0. The van der Waals surface area contributed by atoms with Crippen LogP contribution < -0.4 is 4.90 Å². The maximum atomic E-state index is 10.6. The van der Waals surface area contributed by atoms with E-state index >= 15 is 0 Å². The van der Waals surface area contributed by atoms with Crippen LogP contribution in [0, 0.1) is 0 Å². The standard InChI is InChI=1S/C14H17NO/c1-12(16)6-4-5-7-13-8-10-14(11-9-13)15(2)3/h4-11H,1-3H3. The number of allylic oxidation sites excluding steroid dienone is 3. The molecule has 0 fully saturated rings. The lowest BCUT2D eigenvalue weighted by Gasteiger charge is -2.11. The second kappa shape index (κ2) is 5.91. The molecule has 0 aromatic heterocycles. The molecule has 0 saturated heterocycles. The number of carbonyl (C=O) groups excluding carboxylic acids is 1. The van der Waals surface area contributed by atoms with Gasteiger partial charge in [-0.2, -0.15) is 0 Å². The monoisotopic (exact) mass is 215 g/mol. The first-order chi connectivity index (χ1) is 7.59. The SMILES string of the molecule is CC(=O)C=CC=Cc1ccc(N(C)C)cc1. The number of benzene rings is 1. The fourth-order valence-corrected chi connectivity index (χ4v) is 1.24. The predicted molar refractivity (Wildman–Crippen MR) is 69.6 cm³/mol. The van der Waals surface area contributed by atoms with Crippen molar-refractivity contribution in [1.29, 1.82) is 0 Å². The molecular weight excluding hydrogens is 198 g/mol. The van der Waals surface area contributed by atoms with Crippen molar-refractivity contribution in [3.8, 4) is 0 Å². The normalized spacial score (nSPS) is 11.2. The van der Waals surface area contributed by atoms with Crippen LogP contribution in [0.4, 0.5) is 5.69 Å². The zero-order valence-corrected chi connectivity index (χ0v) is 9.97. The molecule has 0 saturated carbocycles. The molecule has 2 nitrogen and oxygen atoms in total. The highest BCUT2D eigenvalue weighted by Crippen LogP contribution is 2.12. The Morgan fingerprint density at radius 1 is 1.12 bits per heavy atom. The summed E-state index contributed by atoms with van der Waals surface area (Å²) in [5, 5.41) is 0. The van der Waals surface area contributed by atoms with Crippen molar-refractivity contribution in [3.63, 3.8) is 0 Å². The second-order valence-corrected chi connectivity index (χ2v) is 3.81. The van der Waals surface area contributed by atoms with Crippen molar-refractivity contribution in [1.82, 2.24) is 0 Å². The highest BCUT2D eigenvalue weighted by atomic mass is 16.1. The lowest BCUT2D eigenvalue weighted by atomic mass is 10.2. The molecule has 0 N–H and O–H groups in total. The Bertz CT molecular complexity index is 399. The molecule has 0 aliphatic carbocycles. The minimum Gasteiger partial charge on any atom is -0.378 e. The fraction of sp³-hybridized carbons (Fsp3) is 0.214. The van der Waals surface area contributed by atoms with Crippen LogP contribution >= 0.6 is 0 Å². The van der Waals surface area contributed by atoms with E-state index in [1.165, 1.54) is 12.6 Å². The van der Waals surface area contributed by atoms with Gasteiger partial charge in [0.15, 0.2) is 5.78 Å². The average molecular weight is 215 g/mol. The van der Waals surface area contributed by atoms with Gasteiger partial charge in [-0.1, -0.05) is 30.4 Å². The summed E-state index contributed by atoms with van der Waals surface area (Å²) in [4.78, 5) is 12.7. The number of rotatable bonds is 4. The van der Waals surface area contributed by atoms with Crippen LogP contribution in [-0.2, 0) is 4.79 Å². The molecule has 16 heavy (non-hydrogen) atoms. The molecule has 0 heterocycles. The molecular formula is C14H17NO. The number of ketones is 1. The van der Waals surface area contributed by atoms with Crippen molar-refractivity contribution in [2.75, 3.05) is 19.0 Å². The summed E-state index contributed by atoms with van der Waals surface area (Å²) in [5.74, 6) is 0.0626. The minimum absolute atomic E-state index is 0.0626. The van der Waals surface area contributed by atoms with Crippen molar-refractivity contribution in [2.45, 2.75) is 6.92 Å². The van der Waals surface area contributed by atoms with Gasteiger partial charge in [0.2, 0.25) is 0 Å². The summed E-state index contributed by atoms with van der Waals surface area (Å²) in [5.41, 5.74) is 2.30. The van der Waals surface area contributed by atoms with Gasteiger partial charge in [-0.15, -0.1) is 0 Å². The smallest absolute Gasteiger partial charge is 0.152 e. The van der Waals surface area contributed by atoms with E-state index in [0.717, 1.165) is 5.56 Å². The van der Waals surface area contributed by atoms with E-state index in [-0.39, 0.29) is 5.78 Å². The Balaban J connectivity index is 2.65. The third kappa shape index (κ3) is 4.13. The van der Waals surface area contributed by atoms with Gasteiger partial charge in [0.1, 0.15) is 0 Å². The molecule has 1 aromatic carbocycles. The Morgan fingerprint density at radius 2 is 1.75 bits per heavy atom. The molecule has 2 heteroatoms. The van der Waals surface area contributed by atoms with Crippen LogP contribution in [0.2, 0.25) is 0 Å². The Labute approximate surface area is 96.9 Å². The van der Waals surface area contributed by atoms with E-state index in [9.17, 15) is 4.79 Å². The zero-order valence-electron chi connectivity index (χ0n) is 9.97. The van der Waals surface area contributed by atoms with Crippen molar-refractivity contribution >= 4 is 17.5 Å². The lowest BCUT2D eigenvalue weighted by Crippen LogP contribution is -2.07. The quantitative estimate of drug-likeness (QED) is 0.568. The first kappa shape index (κ1) is 12.2. The van der Waals surface area contributed by atoms with Crippen LogP contribution in [0.25, 0.3) is 6.08 Å². The first-order valence-electron chi connectivity index (χ1n) is 5.22. The van der Waals surface area contributed by atoms with E-state index in [0.29, 0.717) is 0 Å². The summed E-state index contributed by atoms with van der Waals surface area (Å²) in [6.07, 6.45) is 7.14. The predicted octanol–water partition coefficient (Wildman–Crippen LogP) is 2.91. The topological polar surface area (TPSA) is 20.3 Å². The maximum Gasteiger partial charge on any atom is 0.152 e. The van der Waals surface area contributed by atoms with E-state index in [2.05, 4.69) is 17.0 Å². The molecule has 1 rings (SSSR count). The van der Waals surface area contributed by atoms with Gasteiger partial charge in [-0.05, 0) is 30.7 Å². The Morgan fingerprint density at radius 3 is 2.25 bits per heavy atom. The lowest BCUT2D eigenvalue weighted by molar-refractivity contribution is -0.112. The number of hydrogen-bond acceptors (Lipinski definition) is 2. The van der Waals surface area contributed by atoms with E-state index < -0.39 is 0 Å². The highest BCUT2D eigenvalue weighted by molar-refractivity contribution is 5.87. The molecule has 0 radical (unpaired) electrons. The van der Waals surface area contributed by atoms with Gasteiger partial charge in [-0.3, -0.25) is 4.79 Å². The van der Waals surface area contributed by atoms with Crippen molar-refractivity contribution < 1.29 is 4.79 Å². The van der Waals surface area contributed by atoms with Gasteiger partial charge in [0, 0.05) is 19.8 Å². The molecule has 0 unspecified atom stereocenters. The maximum absolute atomic E-state index is 10.6. The summed E-state index contributed by atoms with van der Waals surface area (Å²) >= 11 is 0. The molecule has 84 valence electrons. The highest BCUT2D eigenvalue weighted by Gasteiger charge is 1.92. The van der Waals surface area contributed by atoms with Crippen LogP contribution in [-0.4, -0.2) is 19.9 Å². The number of hydrogen-bond donors (Lipinski definition) is 0. The van der Waals surface area contributed by atoms with Crippen LogP contribution in [0.15, 0.2) is 42.5 Å². The first-order valence-corrected chi connectivity index (χ1v) is 5.22. The van der Waals surface area contributed by atoms with E-state index in [4.69, 9.17) is 0 Å². The third-order valence-electron chi connectivity index (χ3n) is 2.14. The van der Waals surface area contributed by atoms with Gasteiger partial charge >= 0.3 is 0 Å². The fourth-order valence-electron chi connectivity index (χ4n) is 1.24. The van der Waals surface area contributed by atoms with Crippen LogP contribution in [0.1, 0.15) is 12.5 Å². The molecule has 1 aromatic rings. The summed E-state index contributed by atoms with van der Waals surface area (Å²) in [6.45, 7) is 1.54. The van der Waals surface area contributed by atoms with Crippen LogP contribution in [0.3, 0.4) is 0 Å². The third-order valence-corrected chi connectivity index (χ3v) is 2.14. The Kier molecular flexibility index (Phi) is 4.52. The molecule has 0 aliphatic rings. The molecule has 0 spiro atoms. The Hall–Kier alpha value is -1.83. The molecule has 0 amide bonds. The molecule has 0 atom stereocenters. The number of carbonyl (C=O) groups is 1. The van der Waals surface area contributed by atoms with E-state index in [1.54, 1.807) is 12.2 Å². The van der Waals surface area contributed by atoms with Crippen molar-refractivity contribution in [3.05, 3.63) is 48.1 Å². The number of anilines is 1. The average Bonchev–Trinajstić information content (AvgIpc) is 2.25. The summed E-state index contributed by atoms with van der Waals surface area (Å²) in [7, 11) is 4.03. The minimum atomic E-state index is 0.0626. The van der Waals surface area contributed by atoms with Crippen molar-refractivity contribution in [2.24, 2.45) is 0 Å². The molecule has 0 aliphatic heterocycles. The number of nitrogens with zero attached hydrogens (tertiary/aromatic N) is 1. The van der Waals surface area contributed by atoms with Gasteiger partial charge in [0.25, 0.3) is 0 Å². The van der Waals surface area contributed by atoms with Gasteiger partial charge in [0.05, 0.1) is 0 Å². The second-order valence-electron chi connectivity index (χ2n) is 3.81. The largest absolute Gasteiger partial charge is 0.378 e. The van der Waals surface area contributed by atoms with Gasteiger partial charge < -0.3 is 4.90 Å².